The second kappa shape index (κ2) is 6.74. The molecule has 0 amide bonds. The number of fused-ring (bicyclic) bond motifs is 2. The van der Waals surface area contributed by atoms with Gasteiger partial charge in [0.1, 0.15) is 0 Å². The molecule has 128 valence electrons. The third kappa shape index (κ3) is 3.00. The molecule has 0 unspecified atom stereocenters. The zero-order valence-corrected chi connectivity index (χ0v) is 15.0. The van der Waals surface area contributed by atoms with Gasteiger partial charge in [-0.15, -0.1) is 0 Å². The molecule has 5 aromatic carbocycles. The van der Waals surface area contributed by atoms with E-state index < -0.39 is 0 Å². The van der Waals surface area contributed by atoms with E-state index in [0.29, 0.717) is 0 Å². The van der Waals surface area contributed by atoms with Crippen LogP contribution in [-0.2, 0) is 0 Å². The van der Waals surface area contributed by atoms with Gasteiger partial charge in [0.25, 0.3) is 0 Å². The average molecular weight is 344 g/mol. The summed E-state index contributed by atoms with van der Waals surface area (Å²) in [6, 6.07) is 41.7. The van der Waals surface area contributed by atoms with Crippen molar-refractivity contribution in [2.24, 2.45) is 0 Å². The molecule has 0 aliphatic carbocycles. The van der Waals surface area contributed by atoms with Gasteiger partial charge in [-0.25, -0.2) is 0 Å². The van der Waals surface area contributed by atoms with Crippen molar-refractivity contribution in [2.75, 3.05) is 0 Å². The highest BCUT2D eigenvalue weighted by molar-refractivity contribution is 5.85. The summed E-state index contributed by atoms with van der Waals surface area (Å²) in [4.78, 5) is 0. The summed E-state index contributed by atoms with van der Waals surface area (Å²) in [5, 5.41) is 5.14. The Morgan fingerprint density at radius 2 is 0.778 bits per heavy atom. The Balaban J connectivity index is 1.72. The van der Waals surface area contributed by atoms with Crippen LogP contribution in [0.3, 0.4) is 0 Å². The molecule has 5 rings (SSSR count). The SMILES string of the molecule is c1ccc(C(c2ccc3ccccc3c2)c2ccc3ccccc3c2)cc1. The highest BCUT2D eigenvalue weighted by atomic mass is 14.2. The molecule has 0 saturated heterocycles. The Bertz CT molecular complexity index is 1140. The summed E-state index contributed by atoms with van der Waals surface area (Å²) in [7, 11) is 0. The van der Waals surface area contributed by atoms with Crippen LogP contribution >= 0.6 is 0 Å². The first kappa shape index (κ1) is 15.8. The van der Waals surface area contributed by atoms with Crippen LogP contribution < -0.4 is 0 Å². The van der Waals surface area contributed by atoms with E-state index >= 15 is 0 Å². The third-order valence-electron chi connectivity index (χ3n) is 5.35. The Labute approximate surface area is 159 Å². The topological polar surface area (TPSA) is 0 Å². The van der Waals surface area contributed by atoms with Crippen molar-refractivity contribution >= 4 is 21.5 Å². The van der Waals surface area contributed by atoms with E-state index in [9.17, 15) is 0 Å². The van der Waals surface area contributed by atoms with Crippen LogP contribution in [0.5, 0.6) is 0 Å². The molecule has 0 aliphatic rings. The summed E-state index contributed by atoms with van der Waals surface area (Å²) >= 11 is 0. The zero-order chi connectivity index (χ0) is 18.1. The third-order valence-corrected chi connectivity index (χ3v) is 5.35. The Kier molecular flexibility index (Phi) is 3.95. The summed E-state index contributed by atoms with van der Waals surface area (Å²) < 4.78 is 0. The number of hydrogen-bond donors (Lipinski definition) is 0. The first-order valence-electron chi connectivity index (χ1n) is 9.41. The Morgan fingerprint density at radius 1 is 0.333 bits per heavy atom. The molecule has 0 spiro atoms. The van der Waals surface area contributed by atoms with Crippen molar-refractivity contribution in [3.8, 4) is 0 Å². The van der Waals surface area contributed by atoms with Crippen molar-refractivity contribution in [1.82, 2.24) is 0 Å². The van der Waals surface area contributed by atoms with Crippen molar-refractivity contribution in [1.29, 1.82) is 0 Å². The lowest BCUT2D eigenvalue weighted by Crippen LogP contribution is -2.03. The van der Waals surface area contributed by atoms with Gasteiger partial charge in [-0.3, -0.25) is 0 Å². The van der Waals surface area contributed by atoms with E-state index in [0.717, 1.165) is 0 Å². The predicted octanol–water partition coefficient (Wildman–Crippen LogP) is 7.17. The average Bonchev–Trinajstić information content (AvgIpc) is 2.74. The van der Waals surface area contributed by atoms with E-state index in [1.165, 1.54) is 38.2 Å². The molecule has 0 nitrogen and oxygen atoms in total. The highest BCUT2D eigenvalue weighted by Gasteiger charge is 2.17. The maximum Gasteiger partial charge on any atom is 0.0340 e. The first-order valence-corrected chi connectivity index (χ1v) is 9.41. The lowest BCUT2D eigenvalue weighted by Gasteiger charge is -2.20. The summed E-state index contributed by atoms with van der Waals surface area (Å²) in [5.74, 6) is 0.223. The van der Waals surface area contributed by atoms with Crippen LogP contribution in [0.2, 0.25) is 0 Å². The minimum atomic E-state index is 0.223. The highest BCUT2D eigenvalue weighted by Crippen LogP contribution is 2.34. The fourth-order valence-corrected chi connectivity index (χ4v) is 4.00. The van der Waals surface area contributed by atoms with E-state index in [-0.39, 0.29) is 5.92 Å². The molecular formula is C27H20. The van der Waals surface area contributed by atoms with E-state index in [4.69, 9.17) is 0 Å². The van der Waals surface area contributed by atoms with Crippen molar-refractivity contribution in [2.45, 2.75) is 5.92 Å². The molecule has 0 atom stereocenters. The summed E-state index contributed by atoms with van der Waals surface area (Å²) in [6.07, 6.45) is 0. The van der Waals surface area contributed by atoms with Crippen LogP contribution in [0.15, 0.2) is 115 Å². The number of rotatable bonds is 3. The van der Waals surface area contributed by atoms with Crippen LogP contribution in [0, 0.1) is 0 Å². The van der Waals surface area contributed by atoms with E-state index in [1.54, 1.807) is 0 Å². The smallest absolute Gasteiger partial charge is 0.0340 e. The van der Waals surface area contributed by atoms with Gasteiger partial charge in [-0.05, 0) is 38.2 Å². The Morgan fingerprint density at radius 3 is 1.30 bits per heavy atom. The van der Waals surface area contributed by atoms with Gasteiger partial charge in [0.2, 0.25) is 0 Å². The van der Waals surface area contributed by atoms with Crippen LogP contribution in [-0.4, -0.2) is 0 Å². The lowest BCUT2D eigenvalue weighted by atomic mass is 9.83. The Hall–Kier alpha value is -3.38. The molecule has 0 fully saturated rings. The molecule has 0 bridgehead atoms. The normalized spacial score (nSPS) is 11.3. The quantitative estimate of drug-likeness (QED) is 0.304. The minimum absolute atomic E-state index is 0.223. The molecule has 27 heavy (non-hydrogen) atoms. The molecule has 0 radical (unpaired) electrons. The number of benzene rings is 5. The maximum atomic E-state index is 2.34. The van der Waals surface area contributed by atoms with Crippen molar-refractivity contribution < 1.29 is 0 Å². The molecule has 0 N–H and O–H groups in total. The van der Waals surface area contributed by atoms with Gasteiger partial charge in [-0.1, -0.05) is 115 Å². The second-order valence-corrected chi connectivity index (χ2v) is 7.06. The first-order chi connectivity index (χ1) is 13.4. The van der Waals surface area contributed by atoms with Gasteiger partial charge >= 0.3 is 0 Å². The van der Waals surface area contributed by atoms with Crippen LogP contribution in [0.4, 0.5) is 0 Å². The molecule has 0 aliphatic heterocycles. The maximum absolute atomic E-state index is 2.34. The molecule has 0 heterocycles. The molecule has 0 saturated carbocycles. The monoisotopic (exact) mass is 344 g/mol. The van der Waals surface area contributed by atoms with Gasteiger partial charge in [0, 0.05) is 5.92 Å². The van der Waals surface area contributed by atoms with Gasteiger partial charge < -0.3 is 0 Å². The lowest BCUT2D eigenvalue weighted by molar-refractivity contribution is 0.983. The minimum Gasteiger partial charge on any atom is -0.0622 e. The predicted molar refractivity (Wildman–Crippen MR) is 115 cm³/mol. The fraction of sp³-hybridized carbons (Fsp3) is 0.0370. The van der Waals surface area contributed by atoms with Crippen LogP contribution in [0.25, 0.3) is 21.5 Å². The van der Waals surface area contributed by atoms with Gasteiger partial charge in [0.05, 0.1) is 0 Å². The molecular weight excluding hydrogens is 324 g/mol. The molecule has 5 aromatic rings. The number of hydrogen-bond acceptors (Lipinski definition) is 0. The van der Waals surface area contributed by atoms with Gasteiger partial charge in [0.15, 0.2) is 0 Å². The fourth-order valence-electron chi connectivity index (χ4n) is 4.00. The molecule has 0 aromatic heterocycles. The standard InChI is InChI=1S/C27H20/c1-2-10-22(11-3-1)27(25-16-14-20-8-4-6-12-23(20)18-25)26-17-15-21-9-5-7-13-24(21)19-26/h1-19,27H. The molecule has 0 heteroatoms. The van der Waals surface area contributed by atoms with Crippen molar-refractivity contribution in [3.05, 3.63) is 132 Å². The van der Waals surface area contributed by atoms with Gasteiger partial charge in [-0.2, -0.15) is 0 Å². The summed E-state index contributed by atoms with van der Waals surface area (Å²) in [5.41, 5.74) is 3.98. The zero-order valence-electron chi connectivity index (χ0n) is 15.0. The van der Waals surface area contributed by atoms with Crippen molar-refractivity contribution in [3.63, 3.8) is 0 Å². The van der Waals surface area contributed by atoms with Crippen LogP contribution in [0.1, 0.15) is 22.6 Å². The summed E-state index contributed by atoms with van der Waals surface area (Å²) in [6.45, 7) is 0. The second-order valence-electron chi connectivity index (χ2n) is 7.06. The van der Waals surface area contributed by atoms with E-state index in [2.05, 4.69) is 115 Å². The largest absolute Gasteiger partial charge is 0.0622 e. The van der Waals surface area contributed by atoms with E-state index in [1.807, 2.05) is 0 Å².